The summed E-state index contributed by atoms with van der Waals surface area (Å²) in [6.45, 7) is 5.48. The number of amides is 2. The number of carbonyl (C=O) groups excluding carboxylic acids is 2. The van der Waals surface area contributed by atoms with Crippen molar-refractivity contribution in [2.24, 2.45) is 5.92 Å². The molecule has 0 radical (unpaired) electrons. The molecule has 186 valence electrons. The van der Waals surface area contributed by atoms with Crippen molar-refractivity contribution < 1.29 is 19.5 Å². The predicted molar refractivity (Wildman–Crippen MR) is 135 cm³/mol. The number of carbonyl (C=O) groups is 3. The van der Waals surface area contributed by atoms with E-state index in [2.05, 4.69) is 36.9 Å². The minimum absolute atomic E-state index is 0.0573. The molecule has 2 aromatic carbocycles. The third-order valence-corrected chi connectivity index (χ3v) is 7.79. The highest BCUT2D eigenvalue weighted by Gasteiger charge is 2.39. The van der Waals surface area contributed by atoms with Crippen LogP contribution < -0.4 is 0 Å². The standard InChI is InChI=1S/C28H33ClN2O4/c1-18-14-20(5-6-21(18)4-3-13-30-26(32)11-12-27(30)33)17-31(25-15-23(16-25)28(34)35)19(2)22-7-9-24(29)10-8-22/h5-10,14,19,23,25H,3-4,11-13,15-17H2,1-2H3,(H,34,35)/t19-,23?,25?/m1/s1. The Morgan fingerprint density at radius 2 is 1.77 bits per heavy atom. The van der Waals surface area contributed by atoms with E-state index in [-0.39, 0.29) is 29.8 Å². The first-order chi connectivity index (χ1) is 16.7. The van der Waals surface area contributed by atoms with E-state index in [1.807, 2.05) is 24.3 Å². The Labute approximate surface area is 211 Å². The molecule has 1 aliphatic heterocycles. The van der Waals surface area contributed by atoms with Crippen LogP contribution in [0.2, 0.25) is 5.02 Å². The third-order valence-electron chi connectivity index (χ3n) is 7.54. The van der Waals surface area contributed by atoms with Crippen molar-refractivity contribution in [3.8, 4) is 0 Å². The molecule has 1 atom stereocenters. The number of benzene rings is 2. The number of likely N-dealkylation sites (tertiary alicyclic amines) is 1. The molecule has 1 saturated carbocycles. The van der Waals surface area contributed by atoms with Crippen molar-refractivity contribution >= 4 is 29.4 Å². The third kappa shape index (κ3) is 5.93. The zero-order chi connectivity index (χ0) is 25.1. The molecule has 2 aromatic rings. The summed E-state index contributed by atoms with van der Waals surface area (Å²) >= 11 is 6.09. The van der Waals surface area contributed by atoms with Gasteiger partial charge in [0.25, 0.3) is 0 Å². The molecule has 1 N–H and O–H groups in total. The average molecular weight is 497 g/mol. The maximum absolute atomic E-state index is 11.8. The highest BCUT2D eigenvalue weighted by atomic mass is 35.5. The smallest absolute Gasteiger partial charge is 0.306 e. The van der Waals surface area contributed by atoms with Gasteiger partial charge in [-0.3, -0.25) is 24.2 Å². The number of carboxylic acid groups (broad SMARTS) is 1. The van der Waals surface area contributed by atoms with Crippen LogP contribution >= 0.6 is 11.6 Å². The first kappa shape index (κ1) is 25.4. The van der Waals surface area contributed by atoms with Crippen molar-refractivity contribution in [1.82, 2.24) is 9.80 Å². The quantitative estimate of drug-likeness (QED) is 0.460. The molecule has 0 unspecified atom stereocenters. The molecule has 2 fully saturated rings. The van der Waals surface area contributed by atoms with E-state index in [1.165, 1.54) is 21.6 Å². The average Bonchev–Trinajstić information content (AvgIpc) is 3.10. The molecule has 0 bridgehead atoms. The van der Waals surface area contributed by atoms with Crippen LogP contribution in [-0.4, -0.2) is 45.3 Å². The molecule has 35 heavy (non-hydrogen) atoms. The Kier molecular flexibility index (Phi) is 7.92. The van der Waals surface area contributed by atoms with E-state index in [4.69, 9.17) is 11.6 Å². The van der Waals surface area contributed by atoms with Crippen molar-refractivity contribution in [2.45, 2.75) is 71.0 Å². The van der Waals surface area contributed by atoms with Crippen LogP contribution in [0.5, 0.6) is 0 Å². The summed E-state index contributed by atoms with van der Waals surface area (Å²) in [5, 5.41) is 10.1. The summed E-state index contributed by atoms with van der Waals surface area (Å²) in [6, 6.07) is 14.7. The van der Waals surface area contributed by atoms with Gasteiger partial charge in [0.15, 0.2) is 0 Å². The zero-order valence-corrected chi connectivity index (χ0v) is 21.1. The molecule has 7 heteroatoms. The van der Waals surface area contributed by atoms with Gasteiger partial charge in [-0.2, -0.15) is 0 Å². The van der Waals surface area contributed by atoms with E-state index in [9.17, 15) is 19.5 Å². The van der Waals surface area contributed by atoms with Crippen LogP contribution in [0.1, 0.15) is 67.3 Å². The van der Waals surface area contributed by atoms with Crippen LogP contribution in [0.4, 0.5) is 0 Å². The number of hydrogen-bond acceptors (Lipinski definition) is 4. The summed E-state index contributed by atoms with van der Waals surface area (Å²) in [5.74, 6) is -1.09. The number of halogens is 1. The van der Waals surface area contributed by atoms with Crippen LogP contribution in [0, 0.1) is 12.8 Å². The van der Waals surface area contributed by atoms with Crippen LogP contribution in [-0.2, 0) is 27.3 Å². The van der Waals surface area contributed by atoms with Crippen molar-refractivity contribution in [3.63, 3.8) is 0 Å². The number of hydrogen-bond donors (Lipinski definition) is 1. The van der Waals surface area contributed by atoms with Gasteiger partial charge in [-0.25, -0.2) is 0 Å². The Morgan fingerprint density at radius 3 is 2.37 bits per heavy atom. The zero-order valence-electron chi connectivity index (χ0n) is 20.4. The maximum atomic E-state index is 11.8. The Morgan fingerprint density at radius 1 is 1.11 bits per heavy atom. The van der Waals surface area contributed by atoms with Gasteiger partial charge in [-0.05, 0) is 73.9 Å². The molecule has 6 nitrogen and oxygen atoms in total. The monoisotopic (exact) mass is 496 g/mol. The molecule has 4 rings (SSSR count). The van der Waals surface area contributed by atoms with Gasteiger partial charge in [-0.1, -0.05) is 41.9 Å². The van der Waals surface area contributed by atoms with Crippen LogP contribution in [0.3, 0.4) is 0 Å². The van der Waals surface area contributed by atoms with E-state index < -0.39 is 5.97 Å². The number of nitrogens with zero attached hydrogens (tertiary/aromatic N) is 2. The van der Waals surface area contributed by atoms with E-state index in [0.717, 1.165) is 24.9 Å². The minimum atomic E-state index is -0.710. The van der Waals surface area contributed by atoms with Crippen LogP contribution in [0.25, 0.3) is 0 Å². The van der Waals surface area contributed by atoms with Gasteiger partial charge in [0.1, 0.15) is 0 Å². The molecule has 1 heterocycles. The largest absolute Gasteiger partial charge is 0.481 e. The topological polar surface area (TPSA) is 77.9 Å². The Hall–Kier alpha value is -2.70. The lowest BCUT2D eigenvalue weighted by Crippen LogP contribution is -2.47. The summed E-state index contributed by atoms with van der Waals surface area (Å²) in [6.07, 6.45) is 3.58. The molecule has 1 saturated heterocycles. The van der Waals surface area contributed by atoms with Crippen molar-refractivity contribution in [3.05, 3.63) is 69.7 Å². The van der Waals surface area contributed by atoms with Crippen molar-refractivity contribution in [1.29, 1.82) is 0 Å². The second-order valence-corrected chi connectivity index (χ2v) is 10.3. The molecule has 2 aliphatic rings. The Bertz CT molecular complexity index is 1080. The number of aryl methyl sites for hydroxylation is 2. The lowest BCUT2D eigenvalue weighted by molar-refractivity contribution is -0.147. The molecule has 0 aromatic heterocycles. The second-order valence-electron chi connectivity index (χ2n) is 9.86. The van der Waals surface area contributed by atoms with Crippen LogP contribution in [0.15, 0.2) is 42.5 Å². The van der Waals surface area contributed by atoms with Gasteiger partial charge in [0.2, 0.25) is 11.8 Å². The maximum Gasteiger partial charge on any atom is 0.306 e. The van der Waals surface area contributed by atoms with E-state index >= 15 is 0 Å². The molecule has 1 aliphatic carbocycles. The highest BCUT2D eigenvalue weighted by Crippen LogP contribution is 2.38. The number of imide groups is 1. The van der Waals surface area contributed by atoms with Gasteiger partial charge < -0.3 is 5.11 Å². The number of carboxylic acids is 1. The normalized spacial score (nSPS) is 20.9. The first-order valence-electron chi connectivity index (χ1n) is 12.4. The predicted octanol–water partition coefficient (Wildman–Crippen LogP) is 5.16. The van der Waals surface area contributed by atoms with E-state index in [1.54, 1.807) is 0 Å². The second kappa shape index (κ2) is 10.9. The molecule has 0 spiro atoms. The minimum Gasteiger partial charge on any atom is -0.481 e. The SMILES string of the molecule is Cc1cc(CN(C2CC(C(=O)O)C2)[C@H](C)c2ccc(Cl)cc2)ccc1CCCN1C(=O)CCC1=O. The van der Waals surface area contributed by atoms with Gasteiger partial charge in [0.05, 0.1) is 5.92 Å². The summed E-state index contributed by atoms with van der Waals surface area (Å²) in [5.41, 5.74) is 4.76. The Balaban J connectivity index is 1.43. The number of rotatable bonds is 10. The summed E-state index contributed by atoms with van der Waals surface area (Å²) in [4.78, 5) is 38.8. The summed E-state index contributed by atoms with van der Waals surface area (Å²) in [7, 11) is 0. The summed E-state index contributed by atoms with van der Waals surface area (Å²) < 4.78 is 0. The first-order valence-corrected chi connectivity index (χ1v) is 12.8. The fourth-order valence-corrected chi connectivity index (χ4v) is 5.35. The lowest BCUT2D eigenvalue weighted by atomic mass is 9.78. The molecular weight excluding hydrogens is 464 g/mol. The van der Waals surface area contributed by atoms with Crippen molar-refractivity contribution in [2.75, 3.05) is 6.54 Å². The number of aliphatic carboxylic acids is 1. The fourth-order valence-electron chi connectivity index (χ4n) is 5.22. The highest BCUT2D eigenvalue weighted by molar-refractivity contribution is 6.30. The van der Waals surface area contributed by atoms with Gasteiger partial charge in [-0.15, -0.1) is 0 Å². The lowest BCUT2D eigenvalue weighted by Gasteiger charge is -2.44. The fraction of sp³-hybridized carbons (Fsp3) is 0.464. The molecule has 2 amide bonds. The van der Waals surface area contributed by atoms with Gasteiger partial charge in [0, 0.05) is 43.0 Å². The molecular formula is C28H33ClN2O4. The van der Waals surface area contributed by atoms with Gasteiger partial charge >= 0.3 is 5.97 Å². The van der Waals surface area contributed by atoms with E-state index in [0.29, 0.717) is 37.3 Å².